The van der Waals surface area contributed by atoms with Gasteiger partial charge in [-0.3, -0.25) is 0 Å². The number of aliphatic hydroxyl groups excluding tert-OH is 1. The Morgan fingerprint density at radius 2 is 2.27 bits per heavy atom. The van der Waals surface area contributed by atoms with Gasteiger partial charge in [-0.25, -0.2) is 4.79 Å². The number of hydrogen-bond acceptors (Lipinski definition) is 5. The highest BCUT2D eigenvalue weighted by Gasteiger charge is 2.19. The lowest BCUT2D eigenvalue weighted by atomic mass is 10.1. The van der Waals surface area contributed by atoms with E-state index in [1.54, 1.807) is 6.92 Å². The van der Waals surface area contributed by atoms with E-state index in [-0.39, 0.29) is 18.0 Å². The van der Waals surface area contributed by atoms with Crippen LogP contribution in [0.15, 0.2) is 18.2 Å². The molecule has 1 rings (SSSR count). The lowest BCUT2D eigenvalue weighted by Crippen LogP contribution is -2.15. The Morgan fingerprint density at radius 1 is 1.60 bits per heavy atom. The first-order valence-electron chi connectivity index (χ1n) is 4.49. The first kappa shape index (κ1) is 11.3. The molecule has 15 heavy (non-hydrogen) atoms. The summed E-state index contributed by atoms with van der Waals surface area (Å²) in [5.41, 5.74) is 5.82. The highest BCUT2D eigenvalue weighted by Crippen LogP contribution is 2.24. The SMILES string of the molecule is CCOC(=O)C(O)c1ccc(O)c(N)c1. The Bertz CT molecular complexity index is 364. The van der Waals surface area contributed by atoms with Crippen molar-refractivity contribution in [2.24, 2.45) is 0 Å². The second-order valence-corrected chi connectivity index (χ2v) is 2.97. The van der Waals surface area contributed by atoms with Crippen LogP contribution in [0.2, 0.25) is 0 Å². The third kappa shape index (κ3) is 2.60. The number of phenols is 1. The Hall–Kier alpha value is -1.75. The summed E-state index contributed by atoms with van der Waals surface area (Å²) in [7, 11) is 0. The molecule has 0 aliphatic rings. The molecule has 1 atom stereocenters. The zero-order chi connectivity index (χ0) is 11.4. The van der Waals surface area contributed by atoms with Gasteiger partial charge in [0.2, 0.25) is 0 Å². The molecule has 0 aliphatic carbocycles. The molecule has 0 amide bonds. The van der Waals surface area contributed by atoms with Crippen LogP contribution in [0.1, 0.15) is 18.6 Å². The first-order valence-corrected chi connectivity index (χ1v) is 4.49. The van der Waals surface area contributed by atoms with Gasteiger partial charge in [0, 0.05) is 0 Å². The van der Waals surface area contributed by atoms with Gasteiger partial charge >= 0.3 is 5.97 Å². The quantitative estimate of drug-likeness (QED) is 0.386. The highest BCUT2D eigenvalue weighted by molar-refractivity contribution is 5.77. The fourth-order valence-electron chi connectivity index (χ4n) is 1.10. The molecule has 4 N–H and O–H groups in total. The Labute approximate surface area is 87.1 Å². The predicted octanol–water partition coefficient (Wildman–Crippen LogP) is 0.571. The molecule has 0 bridgehead atoms. The molecule has 0 fully saturated rings. The summed E-state index contributed by atoms with van der Waals surface area (Å²) < 4.78 is 4.64. The number of phenolic OH excluding ortho intramolecular Hbond substituents is 1. The normalized spacial score (nSPS) is 12.1. The number of nitrogens with two attached hydrogens (primary N) is 1. The molecule has 82 valence electrons. The zero-order valence-corrected chi connectivity index (χ0v) is 8.30. The van der Waals surface area contributed by atoms with Gasteiger partial charge in [-0.15, -0.1) is 0 Å². The molecule has 5 heteroatoms. The van der Waals surface area contributed by atoms with Gasteiger partial charge in [0.25, 0.3) is 0 Å². The van der Waals surface area contributed by atoms with E-state index in [4.69, 9.17) is 10.8 Å². The number of ether oxygens (including phenoxy) is 1. The lowest BCUT2D eigenvalue weighted by molar-refractivity contribution is -0.153. The van der Waals surface area contributed by atoms with Crippen LogP contribution in [0.4, 0.5) is 5.69 Å². The number of esters is 1. The number of benzene rings is 1. The Kier molecular flexibility index (Phi) is 3.51. The molecular formula is C10H13NO4. The number of aliphatic hydroxyl groups is 1. The minimum absolute atomic E-state index is 0.0881. The molecule has 0 saturated carbocycles. The average molecular weight is 211 g/mol. The Balaban J connectivity index is 2.86. The number of nitrogen functional groups attached to an aromatic ring is 1. The van der Waals surface area contributed by atoms with Crippen LogP contribution in [0.3, 0.4) is 0 Å². The summed E-state index contributed by atoms with van der Waals surface area (Å²) in [5, 5.41) is 18.7. The standard InChI is InChI=1S/C10H13NO4/c1-2-15-10(14)9(13)6-3-4-8(12)7(11)5-6/h3-5,9,12-13H,2,11H2,1H3. The molecular weight excluding hydrogens is 198 g/mol. The van der Waals surface area contributed by atoms with Crippen LogP contribution in [0, 0.1) is 0 Å². The smallest absolute Gasteiger partial charge is 0.339 e. The van der Waals surface area contributed by atoms with Crippen molar-refractivity contribution >= 4 is 11.7 Å². The van der Waals surface area contributed by atoms with Gasteiger partial charge in [0.15, 0.2) is 6.10 Å². The van der Waals surface area contributed by atoms with E-state index in [9.17, 15) is 9.90 Å². The summed E-state index contributed by atoms with van der Waals surface area (Å²) >= 11 is 0. The van der Waals surface area contributed by atoms with Gasteiger partial charge in [-0.05, 0) is 24.6 Å². The van der Waals surface area contributed by atoms with Crippen molar-refractivity contribution in [3.05, 3.63) is 23.8 Å². The van der Waals surface area contributed by atoms with Gasteiger partial charge in [-0.2, -0.15) is 0 Å². The maximum absolute atomic E-state index is 11.2. The third-order valence-electron chi connectivity index (χ3n) is 1.88. The van der Waals surface area contributed by atoms with Crippen molar-refractivity contribution in [2.45, 2.75) is 13.0 Å². The second-order valence-electron chi connectivity index (χ2n) is 2.97. The first-order chi connectivity index (χ1) is 7.06. The van der Waals surface area contributed by atoms with Crippen molar-refractivity contribution in [3.63, 3.8) is 0 Å². The number of carbonyl (C=O) groups is 1. The van der Waals surface area contributed by atoms with Crippen molar-refractivity contribution in [2.75, 3.05) is 12.3 Å². The van der Waals surface area contributed by atoms with E-state index >= 15 is 0 Å². The monoisotopic (exact) mass is 211 g/mol. The van der Waals surface area contributed by atoms with E-state index in [0.717, 1.165) is 0 Å². The van der Waals surface area contributed by atoms with Gasteiger partial charge < -0.3 is 20.7 Å². The Morgan fingerprint density at radius 3 is 2.80 bits per heavy atom. The van der Waals surface area contributed by atoms with Crippen molar-refractivity contribution in [3.8, 4) is 5.75 Å². The van der Waals surface area contributed by atoms with E-state index in [0.29, 0.717) is 5.56 Å². The number of anilines is 1. The fraction of sp³-hybridized carbons (Fsp3) is 0.300. The van der Waals surface area contributed by atoms with Crippen LogP contribution >= 0.6 is 0 Å². The van der Waals surface area contributed by atoms with Crippen molar-refractivity contribution in [1.29, 1.82) is 0 Å². The summed E-state index contributed by atoms with van der Waals surface area (Å²) in [4.78, 5) is 11.2. The summed E-state index contributed by atoms with van der Waals surface area (Å²) in [5.74, 6) is -0.822. The molecule has 1 unspecified atom stereocenters. The fourth-order valence-corrected chi connectivity index (χ4v) is 1.10. The molecule has 1 aromatic rings. The highest BCUT2D eigenvalue weighted by atomic mass is 16.5. The summed E-state index contributed by atoms with van der Waals surface area (Å²) in [6.45, 7) is 1.85. The van der Waals surface area contributed by atoms with E-state index in [2.05, 4.69) is 4.74 Å². The molecule has 0 aliphatic heterocycles. The van der Waals surface area contributed by atoms with Crippen LogP contribution in [0.5, 0.6) is 5.75 Å². The predicted molar refractivity (Wildman–Crippen MR) is 54.1 cm³/mol. The molecule has 0 aromatic heterocycles. The number of aromatic hydroxyl groups is 1. The summed E-state index contributed by atoms with van der Waals surface area (Å²) in [6.07, 6.45) is -1.37. The molecule has 1 aromatic carbocycles. The average Bonchev–Trinajstić information content (AvgIpc) is 2.21. The molecule has 5 nitrogen and oxygen atoms in total. The zero-order valence-electron chi connectivity index (χ0n) is 8.30. The summed E-state index contributed by atoms with van der Waals surface area (Å²) in [6, 6.07) is 4.05. The minimum atomic E-state index is -1.37. The maximum atomic E-state index is 11.2. The second kappa shape index (κ2) is 4.65. The van der Waals surface area contributed by atoms with Crippen LogP contribution in [0.25, 0.3) is 0 Å². The number of carbonyl (C=O) groups excluding carboxylic acids is 1. The molecule has 0 radical (unpaired) electrons. The van der Waals surface area contributed by atoms with Crippen LogP contribution in [-0.4, -0.2) is 22.8 Å². The van der Waals surface area contributed by atoms with E-state index in [1.807, 2.05) is 0 Å². The number of hydrogen-bond donors (Lipinski definition) is 3. The largest absolute Gasteiger partial charge is 0.506 e. The maximum Gasteiger partial charge on any atom is 0.339 e. The van der Waals surface area contributed by atoms with Gasteiger partial charge in [-0.1, -0.05) is 6.07 Å². The van der Waals surface area contributed by atoms with E-state index in [1.165, 1.54) is 18.2 Å². The van der Waals surface area contributed by atoms with Crippen molar-refractivity contribution in [1.82, 2.24) is 0 Å². The topological polar surface area (TPSA) is 92.8 Å². The molecule has 0 heterocycles. The molecule has 0 spiro atoms. The number of rotatable bonds is 3. The lowest BCUT2D eigenvalue weighted by Gasteiger charge is -2.10. The minimum Gasteiger partial charge on any atom is -0.506 e. The van der Waals surface area contributed by atoms with Gasteiger partial charge in [0.05, 0.1) is 12.3 Å². The van der Waals surface area contributed by atoms with Crippen molar-refractivity contribution < 1.29 is 19.7 Å². The third-order valence-corrected chi connectivity index (χ3v) is 1.88. The van der Waals surface area contributed by atoms with Crippen LogP contribution in [-0.2, 0) is 9.53 Å². The molecule has 0 saturated heterocycles. The van der Waals surface area contributed by atoms with Crippen LogP contribution < -0.4 is 5.73 Å². The van der Waals surface area contributed by atoms with Gasteiger partial charge in [0.1, 0.15) is 5.75 Å². The van der Waals surface area contributed by atoms with E-state index < -0.39 is 12.1 Å².